The zero-order valence-electron chi connectivity index (χ0n) is 17.7. The molecule has 3 N–H and O–H groups in total. The number of likely N-dealkylation sites (tertiary alicyclic amines) is 1. The number of anilines is 2. The maximum Gasteiger partial charge on any atom is 0.253 e. The summed E-state index contributed by atoms with van der Waals surface area (Å²) in [4.78, 5) is 34.9. The van der Waals surface area contributed by atoms with Crippen LogP contribution >= 0.6 is 11.6 Å². The van der Waals surface area contributed by atoms with Crippen molar-refractivity contribution >= 4 is 35.1 Å². The highest BCUT2D eigenvalue weighted by Crippen LogP contribution is 2.34. The first-order chi connectivity index (χ1) is 15.4. The zero-order valence-corrected chi connectivity index (χ0v) is 18.5. The summed E-state index contributed by atoms with van der Waals surface area (Å²) in [7, 11) is 0. The van der Waals surface area contributed by atoms with Crippen molar-refractivity contribution in [2.24, 2.45) is 0 Å². The summed E-state index contributed by atoms with van der Waals surface area (Å²) >= 11 is 6.04. The number of hydrogen-bond donors (Lipinski definition) is 2. The SMILES string of the molecule is CC(=O)Nc1ccc(C(=O)N2CCCC(c3nc(N)ncc3-c3ccc(Cl)cc3)C2)cc1. The number of halogens is 1. The predicted octanol–water partition coefficient (Wildman–Crippen LogP) is 4.36. The smallest absolute Gasteiger partial charge is 0.253 e. The lowest BCUT2D eigenvalue weighted by Crippen LogP contribution is -2.39. The lowest BCUT2D eigenvalue weighted by Gasteiger charge is -2.33. The summed E-state index contributed by atoms with van der Waals surface area (Å²) < 4.78 is 0. The largest absolute Gasteiger partial charge is 0.368 e. The van der Waals surface area contributed by atoms with Gasteiger partial charge < -0.3 is 16.0 Å². The van der Waals surface area contributed by atoms with Crippen molar-refractivity contribution in [3.8, 4) is 11.1 Å². The molecule has 164 valence electrons. The number of carbonyl (C=O) groups excluding carboxylic acids is 2. The van der Waals surface area contributed by atoms with Gasteiger partial charge in [0.1, 0.15) is 0 Å². The molecule has 2 aromatic carbocycles. The number of nitrogens with zero attached hydrogens (tertiary/aromatic N) is 3. The monoisotopic (exact) mass is 449 g/mol. The fourth-order valence-electron chi connectivity index (χ4n) is 4.04. The molecule has 2 heterocycles. The number of nitrogens with one attached hydrogen (secondary N) is 1. The molecule has 1 atom stereocenters. The second-order valence-corrected chi connectivity index (χ2v) is 8.32. The molecule has 0 aliphatic carbocycles. The van der Waals surface area contributed by atoms with Gasteiger partial charge >= 0.3 is 0 Å². The van der Waals surface area contributed by atoms with Gasteiger partial charge in [-0.3, -0.25) is 9.59 Å². The summed E-state index contributed by atoms with van der Waals surface area (Å²) in [6.07, 6.45) is 3.51. The van der Waals surface area contributed by atoms with E-state index in [-0.39, 0.29) is 23.7 Å². The van der Waals surface area contributed by atoms with E-state index < -0.39 is 0 Å². The highest BCUT2D eigenvalue weighted by molar-refractivity contribution is 6.30. The van der Waals surface area contributed by atoms with Crippen molar-refractivity contribution in [3.05, 3.63) is 71.0 Å². The first-order valence-electron chi connectivity index (χ1n) is 10.5. The van der Waals surface area contributed by atoms with Gasteiger partial charge in [-0.2, -0.15) is 0 Å². The van der Waals surface area contributed by atoms with Crippen molar-refractivity contribution in [3.63, 3.8) is 0 Å². The van der Waals surface area contributed by atoms with Crippen LogP contribution in [0.3, 0.4) is 0 Å². The number of hydrogen-bond acceptors (Lipinski definition) is 5. The summed E-state index contributed by atoms with van der Waals surface area (Å²) in [6, 6.07) is 14.5. The second kappa shape index (κ2) is 9.36. The molecule has 1 saturated heterocycles. The third-order valence-corrected chi connectivity index (χ3v) is 5.79. The van der Waals surface area contributed by atoms with E-state index >= 15 is 0 Å². The van der Waals surface area contributed by atoms with E-state index in [1.165, 1.54) is 6.92 Å². The number of piperidine rings is 1. The summed E-state index contributed by atoms with van der Waals surface area (Å²) in [5.41, 5.74) is 9.86. The van der Waals surface area contributed by atoms with E-state index in [4.69, 9.17) is 17.3 Å². The molecule has 4 rings (SSSR count). The summed E-state index contributed by atoms with van der Waals surface area (Å²) in [6.45, 7) is 2.67. The second-order valence-electron chi connectivity index (χ2n) is 7.88. The number of aromatic nitrogens is 2. The Labute approximate surface area is 191 Å². The number of nitrogen functional groups attached to an aromatic ring is 1. The molecule has 1 unspecified atom stereocenters. The van der Waals surface area contributed by atoms with E-state index in [1.54, 1.807) is 30.5 Å². The van der Waals surface area contributed by atoms with Crippen molar-refractivity contribution in [2.75, 3.05) is 24.1 Å². The molecule has 3 aromatic rings. The Bertz CT molecular complexity index is 1130. The topological polar surface area (TPSA) is 101 Å². The molecule has 1 aromatic heterocycles. The molecule has 1 aliphatic rings. The van der Waals surface area contributed by atoms with E-state index in [2.05, 4.69) is 15.3 Å². The van der Waals surface area contributed by atoms with Crippen LogP contribution in [0.15, 0.2) is 54.7 Å². The Morgan fingerprint density at radius 1 is 1.12 bits per heavy atom. The number of benzene rings is 2. The van der Waals surface area contributed by atoms with Crippen LogP contribution in [-0.2, 0) is 4.79 Å². The van der Waals surface area contributed by atoms with Crippen molar-refractivity contribution in [2.45, 2.75) is 25.7 Å². The molecule has 1 aliphatic heterocycles. The Morgan fingerprint density at radius 3 is 2.53 bits per heavy atom. The highest BCUT2D eigenvalue weighted by Gasteiger charge is 2.28. The minimum atomic E-state index is -0.149. The van der Waals surface area contributed by atoms with Gasteiger partial charge in [0.2, 0.25) is 11.9 Å². The summed E-state index contributed by atoms with van der Waals surface area (Å²) in [5, 5.41) is 3.37. The number of rotatable bonds is 4. The van der Waals surface area contributed by atoms with Crippen LogP contribution in [0.4, 0.5) is 11.6 Å². The molecule has 0 radical (unpaired) electrons. The van der Waals surface area contributed by atoms with Gasteiger partial charge in [0.05, 0.1) is 5.69 Å². The fraction of sp³-hybridized carbons (Fsp3) is 0.250. The summed E-state index contributed by atoms with van der Waals surface area (Å²) in [5.74, 6) is 0.0692. The lowest BCUT2D eigenvalue weighted by atomic mass is 9.89. The van der Waals surface area contributed by atoms with Crippen LogP contribution in [0.5, 0.6) is 0 Å². The Balaban J connectivity index is 1.56. The van der Waals surface area contributed by atoms with Crippen LogP contribution < -0.4 is 11.1 Å². The van der Waals surface area contributed by atoms with E-state index in [0.29, 0.717) is 29.4 Å². The van der Waals surface area contributed by atoms with Gasteiger partial charge in [0, 0.05) is 54.0 Å². The average molecular weight is 450 g/mol. The average Bonchev–Trinajstić information content (AvgIpc) is 2.79. The van der Waals surface area contributed by atoms with Gasteiger partial charge in [0.25, 0.3) is 5.91 Å². The molecule has 0 spiro atoms. The molecule has 8 heteroatoms. The van der Waals surface area contributed by atoms with Crippen LogP contribution in [0.2, 0.25) is 5.02 Å². The minimum absolute atomic E-state index is 0.0425. The molecular formula is C24H24ClN5O2. The molecule has 32 heavy (non-hydrogen) atoms. The lowest BCUT2D eigenvalue weighted by molar-refractivity contribution is -0.114. The van der Waals surface area contributed by atoms with Gasteiger partial charge in [-0.15, -0.1) is 0 Å². The normalized spacial score (nSPS) is 15.9. The Kier molecular flexibility index (Phi) is 6.37. The minimum Gasteiger partial charge on any atom is -0.368 e. The molecule has 1 fully saturated rings. The van der Waals surface area contributed by atoms with Gasteiger partial charge in [-0.1, -0.05) is 23.7 Å². The molecule has 0 saturated carbocycles. The highest BCUT2D eigenvalue weighted by atomic mass is 35.5. The van der Waals surface area contributed by atoms with Crippen LogP contribution in [0.1, 0.15) is 41.7 Å². The third kappa shape index (κ3) is 4.89. The maximum atomic E-state index is 13.1. The van der Waals surface area contributed by atoms with Gasteiger partial charge in [-0.25, -0.2) is 9.97 Å². The fourth-order valence-corrected chi connectivity index (χ4v) is 4.17. The standard InChI is InChI=1S/C24H24ClN5O2/c1-15(31)28-20-10-6-17(7-11-20)23(32)30-12-2-3-18(14-30)22-21(13-27-24(26)29-22)16-4-8-19(25)9-5-16/h4-11,13,18H,2-3,12,14H2,1H3,(H,28,31)(H2,26,27,29). The van der Waals surface area contributed by atoms with E-state index in [0.717, 1.165) is 29.7 Å². The quantitative estimate of drug-likeness (QED) is 0.616. The number of nitrogens with two attached hydrogens (primary N) is 1. The number of carbonyl (C=O) groups is 2. The Hall–Kier alpha value is -3.45. The third-order valence-electron chi connectivity index (χ3n) is 5.54. The zero-order chi connectivity index (χ0) is 22.7. The molecular weight excluding hydrogens is 426 g/mol. The van der Waals surface area contributed by atoms with Gasteiger partial charge in [-0.05, 0) is 54.8 Å². The molecule has 0 bridgehead atoms. The van der Waals surface area contributed by atoms with Crippen LogP contribution in [-0.4, -0.2) is 39.8 Å². The first-order valence-corrected chi connectivity index (χ1v) is 10.8. The maximum absolute atomic E-state index is 13.1. The van der Waals surface area contributed by atoms with Crippen LogP contribution in [0, 0.1) is 0 Å². The van der Waals surface area contributed by atoms with Crippen molar-refractivity contribution in [1.29, 1.82) is 0 Å². The van der Waals surface area contributed by atoms with Crippen molar-refractivity contribution < 1.29 is 9.59 Å². The molecule has 2 amide bonds. The first kappa shape index (κ1) is 21.8. The number of amides is 2. The predicted molar refractivity (Wildman–Crippen MR) is 126 cm³/mol. The Morgan fingerprint density at radius 2 is 1.84 bits per heavy atom. The van der Waals surface area contributed by atoms with E-state index in [9.17, 15) is 9.59 Å². The molecule has 7 nitrogen and oxygen atoms in total. The van der Waals surface area contributed by atoms with Crippen molar-refractivity contribution in [1.82, 2.24) is 14.9 Å². The van der Waals surface area contributed by atoms with Crippen LogP contribution in [0.25, 0.3) is 11.1 Å². The van der Waals surface area contributed by atoms with Gasteiger partial charge in [0.15, 0.2) is 0 Å². The van der Waals surface area contributed by atoms with E-state index in [1.807, 2.05) is 29.2 Å².